The highest BCUT2D eigenvalue weighted by atomic mass is 31.1. The van der Waals surface area contributed by atoms with Gasteiger partial charge in [0, 0.05) is 5.29 Å². The van der Waals surface area contributed by atoms with Crippen LogP contribution in [0.5, 0.6) is 0 Å². The average molecular weight is 232 g/mol. The summed E-state index contributed by atoms with van der Waals surface area (Å²) in [7, 11) is 1.48. The third kappa shape index (κ3) is 2.55. The second-order valence-electron chi connectivity index (χ2n) is 4.61. The third-order valence-corrected chi connectivity index (χ3v) is 4.50. The topological polar surface area (TPSA) is 0 Å². The Kier molecular flexibility index (Phi) is 4.18. The van der Waals surface area contributed by atoms with E-state index >= 15 is 0 Å². The highest BCUT2D eigenvalue weighted by molar-refractivity contribution is 7.47. The SMILES string of the molecule is CCCCC1=CC2=C(CCCC)C=CC2=P1. The van der Waals surface area contributed by atoms with Crippen molar-refractivity contribution in [3.63, 3.8) is 0 Å². The molecule has 0 fully saturated rings. The van der Waals surface area contributed by atoms with Crippen molar-refractivity contribution in [1.82, 2.24) is 0 Å². The van der Waals surface area contributed by atoms with Gasteiger partial charge in [0.1, 0.15) is 0 Å². The third-order valence-electron chi connectivity index (χ3n) is 3.23. The minimum absolute atomic E-state index is 1.26. The summed E-state index contributed by atoms with van der Waals surface area (Å²) in [6.07, 6.45) is 14.9. The molecule has 2 aliphatic rings. The van der Waals surface area contributed by atoms with Gasteiger partial charge in [0.05, 0.1) is 0 Å². The molecule has 0 amide bonds. The van der Waals surface area contributed by atoms with Crippen molar-refractivity contribution >= 4 is 13.5 Å². The van der Waals surface area contributed by atoms with E-state index < -0.39 is 0 Å². The van der Waals surface area contributed by atoms with Gasteiger partial charge in [-0.15, -0.1) is 0 Å². The number of allylic oxidation sites excluding steroid dienone is 6. The maximum atomic E-state index is 2.46. The fraction of sp³-hybridized carbons (Fsp3) is 0.533. The van der Waals surface area contributed by atoms with Crippen LogP contribution < -0.4 is 0 Å². The van der Waals surface area contributed by atoms with E-state index in [4.69, 9.17) is 0 Å². The van der Waals surface area contributed by atoms with Gasteiger partial charge < -0.3 is 0 Å². The van der Waals surface area contributed by atoms with Gasteiger partial charge >= 0.3 is 0 Å². The summed E-state index contributed by atoms with van der Waals surface area (Å²) < 4.78 is 0. The lowest BCUT2D eigenvalue weighted by Gasteiger charge is -2.00. The Bertz CT molecular complexity index is 380. The number of fused-ring (bicyclic) bond motifs is 1. The van der Waals surface area contributed by atoms with Crippen molar-refractivity contribution in [3.05, 3.63) is 34.7 Å². The van der Waals surface area contributed by atoms with Crippen LogP contribution in [0.3, 0.4) is 0 Å². The van der Waals surface area contributed by atoms with Crippen LogP contribution in [0.25, 0.3) is 0 Å². The van der Waals surface area contributed by atoms with Gasteiger partial charge in [-0.1, -0.05) is 41.0 Å². The molecule has 0 atom stereocenters. The molecule has 0 N–H and O–H groups in total. The maximum absolute atomic E-state index is 2.46. The van der Waals surface area contributed by atoms with Crippen LogP contribution in [0, 0.1) is 0 Å². The second-order valence-corrected chi connectivity index (χ2v) is 5.89. The molecular weight excluding hydrogens is 211 g/mol. The molecule has 0 spiro atoms. The van der Waals surface area contributed by atoms with E-state index in [1.54, 1.807) is 21.8 Å². The normalized spacial score (nSPS) is 18.9. The van der Waals surface area contributed by atoms with Crippen molar-refractivity contribution in [2.45, 2.75) is 52.4 Å². The molecule has 1 heterocycles. The molecular formula is C15H21P. The highest BCUT2D eigenvalue weighted by Crippen LogP contribution is 2.38. The lowest BCUT2D eigenvalue weighted by Crippen LogP contribution is -1.87. The summed E-state index contributed by atoms with van der Waals surface area (Å²) >= 11 is 0. The summed E-state index contributed by atoms with van der Waals surface area (Å²) in [5.41, 5.74) is 3.14. The van der Waals surface area contributed by atoms with Crippen molar-refractivity contribution in [2.24, 2.45) is 0 Å². The van der Waals surface area contributed by atoms with Crippen molar-refractivity contribution in [3.8, 4) is 0 Å². The van der Waals surface area contributed by atoms with Crippen LogP contribution in [0.4, 0.5) is 0 Å². The zero-order valence-electron chi connectivity index (χ0n) is 10.4. The van der Waals surface area contributed by atoms with Crippen molar-refractivity contribution < 1.29 is 0 Å². The zero-order chi connectivity index (χ0) is 11.4. The first-order valence-electron chi connectivity index (χ1n) is 6.56. The van der Waals surface area contributed by atoms with Crippen LogP contribution >= 0.6 is 8.20 Å². The summed E-state index contributed by atoms with van der Waals surface area (Å²) in [5.74, 6) is 0. The molecule has 0 bridgehead atoms. The summed E-state index contributed by atoms with van der Waals surface area (Å²) in [6.45, 7) is 4.54. The fourth-order valence-electron chi connectivity index (χ4n) is 2.21. The number of hydrogen-bond donors (Lipinski definition) is 0. The molecule has 1 aliphatic heterocycles. The molecule has 0 aromatic rings. The Morgan fingerprint density at radius 3 is 2.50 bits per heavy atom. The van der Waals surface area contributed by atoms with E-state index in [1.807, 2.05) is 0 Å². The largest absolute Gasteiger partial charge is 0.0654 e. The van der Waals surface area contributed by atoms with Gasteiger partial charge in [-0.25, -0.2) is 0 Å². The molecule has 86 valence electrons. The van der Waals surface area contributed by atoms with Crippen LogP contribution in [0.15, 0.2) is 34.7 Å². The van der Waals surface area contributed by atoms with Crippen LogP contribution in [0.2, 0.25) is 0 Å². The molecule has 0 saturated heterocycles. The quantitative estimate of drug-likeness (QED) is 0.549. The summed E-state index contributed by atoms with van der Waals surface area (Å²) in [6, 6.07) is 0. The first kappa shape index (κ1) is 11.9. The van der Waals surface area contributed by atoms with Crippen LogP contribution in [-0.4, -0.2) is 5.29 Å². The molecule has 0 saturated carbocycles. The van der Waals surface area contributed by atoms with Gasteiger partial charge in [-0.05, 0) is 54.3 Å². The number of rotatable bonds is 6. The van der Waals surface area contributed by atoms with E-state index in [1.165, 1.54) is 46.7 Å². The van der Waals surface area contributed by atoms with Crippen LogP contribution in [-0.2, 0) is 0 Å². The molecule has 2 rings (SSSR count). The van der Waals surface area contributed by atoms with Crippen LogP contribution in [0.1, 0.15) is 52.4 Å². The Morgan fingerprint density at radius 2 is 1.75 bits per heavy atom. The number of hydrogen-bond acceptors (Lipinski definition) is 0. The average Bonchev–Trinajstić information content (AvgIpc) is 2.83. The molecule has 1 aliphatic carbocycles. The first-order valence-corrected chi connectivity index (χ1v) is 7.45. The number of unbranched alkanes of at least 4 members (excludes halogenated alkanes) is 2. The summed E-state index contributed by atoms with van der Waals surface area (Å²) in [5, 5.41) is 3.18. The Labute approximate surface area is 101 Å². The smallest absolute Gasteiger partial charge is 0.00959 e. The molecule has 0 aromatic carbocycles. The van der Waals surface area contributed by atoms with Gasteiger partial charge in [-0.3, -0.25) is 0 Å². The minimum Gasteiger partial charge on any atom is -0.0654 e. The van der Waals surface area contributed by atoms with E-state index in [0.29, 0.717) is 0 Å². The van der Waals surface area contributed by atoms with E-state index in [-0.39, 0.29) is 0 Å². The summed E-state index contributed by atoms with van der Waals surface area (Å²) in [4.78, 5) is 0. The predicted octanol–water partition coefficient (Wildman–Crippen LogP) is 5.25. The Balaban J connectivity index is 2.05. The molecule has 0 radical (unpaired) electrons. The van der Waals surface area contributed by atoms with E-state index in [2.05, 4.69) is 32.1 Å². The van der Waals surface area contributed by atoms with Gasteiger partial charge in [0.15, 0.2) is 0 Å². The van der Waals surface area contributed by atoms with E-state index in [9.17, 15) is 0 Å². The lowest BCUT2D eigenvalue weighted by molar-refractivity contribution is 0.796. The van der Waals surface area contributed by atoms with Gasteiger partial charge in [0.25, 0.3) is 0 Å². The maximum Gasteiger partial charge on any atom is 0.00959 e. The lowest BCUT2D eigenvalue weighted by atomic mass is 10.0. The first-order chi connectivity index (χ1) is 7.85. The predicted molar refractivity (Wildman–Crippen MR) is 75.2 cm³/mol. The van der Waals surface area contributed by atoms with Gasteiger partial charge in [-0.2, -0.15) is 0 Å². The molecule has 1 heteroatoms. The van der Waals surface area contributed by atoms with Crippen molar-refractivity contribution in [1.29, 1.82) is 0 Å². The molecule has 16 heavy (non-hydrogen) atoms. The standard InChI is InChI=1S/C15H21P/c1-3-5-7-12-9-10-15-14(12)11-13(16-15)8-6-4-2/h9-11H,3-8H2,1-2H3. The highest BCUT2D eigenvalue weighted by Gasteiger charge is 2.18. The molecule has 0 unspecified atom stereocenters. The zero-order valence-corrected chi connectivity index (χ0v) is 11.3. The monoisotopic (exact) mass is 232 g/mol. The van der Waals surface area contributed by atoms with Gasteiger partial charge in [0.2, 0.25) is 0 Å². The Hall–Kier alpha value is -0.610. The molecule has 0 aromatic heterocycles. The van der Waals surface area contributed by atoms with E-state index in [0.717, 1.165) is 0 Å². The second kappa shape index (κ2) is 5.64. The fourth-order valence-corrected chi connectivity index (χ4v) is 3.46. The Morgan fingerprint density at radius 1 is 1.00 bits per heavy atom. The molecule has 0 nitrogen and oxygen atoms in total. The minimum atomic E-state index is 1.26. The van der Waals surface area contributed by atoms with Crippen molar-refractivity contribution in [2.75, 3.05) is 0 Å².